The minimum Gasteiger partial charge on any atom is -0.345 e. The Labute approximate surface area is 176 Å². The van der Waals surface area contributed by atoms with Gasteiger partial charge < -0.3 is 15.1 Å². The first-order valence-electron chi connectivity index (χ1n) is 9.80. The van der Waals surface area contributed by atoms with Gasteiger partial charge in [0.15, 0.2) is 0 Å². The highest BCUT2D eigenvalue weighted by Gasteiger charge is 2.34. The van der Waals surface area contributed by atoms with E-state index in [1.54, 1.807) is 43.3 Å². The second kappa shape index (κ2) is 9.27. The number of anilines is 1. The van der Waals surface area contributed by atoms with Gasteiger partial charge in [0.2, 0.25) is 11.8 Å². The van der Waals surface area contributed by atoms with Crippen LogP contribution in [0.5, 0.6) is 0 Å². The highest BCUT2D eigenvalue weighted by molar-refractivity contribution is 6.00. The summed E-state index contributed by atoms with van der Waals surface area (Å²) >= 11 is 0. The van der Waals surface area contributed by atoms with Gasteiger partial charge in [-0.1, -0.05) is 29.5 Å². The summed E-state index contributed by atoms with van der Waals surface area (Å²) < 4.78 is 0. The van der Waals surface area contributed by atoms with Crippen molar-refractivity contribution in [3.05, 3.63) is 65.2 Å². The fourth-order valence-corrected chi connectivity index (χ4v) is 3.23. The first-order chi connectivity index (χ1) is 14.3. The van der Waals surface area contributed by atoms with Crippen LogP contribution in [0.3, 0.4) is 0 Å². The monoisotopic (exact) mass is 403 g/mol. The van der Waals surface area contributed by atoms with Crippen molar-refractivity contribution in [2.75, 3.05) is 32.1 Å². The molecule has 1 atom stereocenters. The fraction of sp³-hybridized carbons (Fsp3) is 0.292. The van der Waals surface area contributed by atoms with Crippen LogP contribution >= 0.6 is 0 Å². The van der Waals surface area contributed by atoms with Crippen LogP contribution in [0.25, 0.3) is 0 Å². The number of hydrogen-bond acceptors (Lipinski definition) is 3. The van der Waals surface area contributed by atoms with Crippen molar-refractivity contribution >= 4 is 23.4 Å². The van der Waals surface area contributed by atoms with Gasteiger partial charge in [-0.2, -0.15) is 0 Å². The SMILES string of the molecule is Cc1ccc(N2CC(C(=O)NCC#Cc3ccc(C(=O)N(C)C)cc3)CC2=O)cc1. The number of nitrogens with zero attached hydrogens (tertiary/aromatic N) is 2. The van der Waals surface area contributed by atoms with Crippen molar-refractivity contribution < 1.29 is 14.4 Å². The summed E-state index contributed by atoms with van der Waals surface area (Å²) in [5.41, 5.74) is 3.30. The van der Waals surface area contributed by atoms with Gasteiger partial charge in [-0.15, -0.1) is 0 Å². The van der Waals surface area contributed by atoms with E-state index in [9.17, 15) is 14.4 Å². The van der Waals surface area contributed by atoms with Crippen molar-refractivity contribution in [1.82, 2.24) is 10.2 Å². The molecule has 1 heterocycles. The Morgan fingerprint density at radius 1 is 1.10 bits per heavy atom. The highest BCUT2D eigenvalue weighted by atomic mass is 16.2. The number of carbonyl (C=O) groups excluding carboxylic acids is 3. The molecule has 1 aliphatic rings. The number of aryl methyl sites for hydroxylation is 1. The largest absolute Gasteiger partial charge is 0.345 e. The van der Waals surface area contributed by atoms with Gasteiger partial charge >= 0.3 is 0 Å². The van der Waals surface area contributed by atoms with E-state index in [4.69, 9.17) is 0 Å². The second-order valence-electron chi connectivity index (χ2n) is 7.54. The molecule has 1 aliphatic heterocycles. The van der Waals surface area contributed by atoms with Gasteiger partial charge in [-0.25, -0.2) is 0 Å². The lowest BCUT2D eigenvalue weighted by Crippen LogP contribution is -2.33. The third-order valence-electron chi connectivity index (χ3n) is 4.96. The minimum absolute atomic E-state index is 0.0440. The Kier molecular flexibility index (Phi) is 6.53. The molecule has 1 saturated heterocycles. The minimum atomic E-state index is -0.378. The van der Waals surface area contributed by atoms with Crippen LogP contribution in [0.2, 0.25) is 0 Å². The van der Waals surface area contributed by atoms with Crippen molar-refractivity contribution in [3.8, 4) is 11.8 Å². The average molecular weight is 403 g/mol. The normalized spacial score (nSPS) is 15.4. The zero-order chi connectivity index (χ0) is 21.7. The smallest absolute Gasteiger partial charge is 0.253 e. The van der Waals surface area contributed by atoms with Gasteiger partial charge in [-0.3, -0.25) is 14.4 Å². The summed E-state index contributed by atoms with van der Waals surface area (Å²) in [6.45, 7) is 2.57. The van der Waals surface area contributed by atoms with Crippen molar-refractivity contribution in [2.24, 2.45) is 5.92 Å². The highest BCUT2D eigenvalue weighted by Crippen LogP contribution is 2.25. The summed E-state index contributed by atoms with van der Waals surface area (Å²) in [7, 11) is 3.41. The molecule has 3 amide bonds. The molecule has 2 aromatic carbocycles. The summed E-state index contributed by atoms with van der Waals surface area (Å²) in [5.74, 6) is 5.23. The lowest BCUT2D eigenvalue weighted by Gasteiger charge is -2.16. The molecule has 30 heavy (non-hydrogen) atoms. The van der Waals surface area contributed by atoms with E-state index in [2.05, 4.69) is 17.2 Å². The number of nitrogens with one attached hydrogen (secondary N) is 1. The van der Waals surface area contributed by atoms with Gasteiger partial charge in [0.25, 0.3) is 5.91 Å². The van der Waals surface area contributed by atoms with E-state index in [0.29, 0.717) is 12.1 Å². The van der Waals surface area contributed by atoms with Crippen LogP contribution < -0.4 is 10.2 Å². The third kappa shape index (κ3) is 5.06. The average Bonchev–Trinajstić information content (AvgIpc) is 3.13. The number of rotatable bonds is 4. The molecule has 0 aromatic heterocycles. The molecular weight excluding hydrogens is 378 g/mol. The van der Waals surface area contributed by atoms with Crippen LogP contribution in [0.1, 0.15) is 27.9 Å². The quantitative estimate of drug-likeness (QED) is 0.796. The van der Waals surface area contributed by atoms with Gasteiger partial charge in [-0.05, 0) is 43.3 Å². The van der Waals surface area contributed by atoms with E-state index in [1.807, 2.05) is 31.2 Å². The topological polar surface area (TPSA) is 69.7 Å². The zero-order valence-electron chi connectivity index (χ0n) is 17.4. The molecule has 0 radical (unpaired) electrons. The maximum Gasteiger partial charge on any atom is 0.253 e. The van der Waals surface area contributed by atoms with Gasteiger partial charge in [0.05, 0.1) is 12.5 Å². The van der Waals surface area contributed by atoms with Crippen LogP contribution in [0.4, 0.5) is 5.69 Å². The molecule has 6 heteroatoms. The van der Waals surface area contributed by atoms with E-state index >= 15 is 0 Å². The molecule has 1 N–H and O–H groups in total. The summed E-state index contributed by atoms with van der Waals surface area (Å²) in [6, 6.07) is 14.7. The number of benzene rings is 2. The van der Waals surface area contributed by atoms with E-state index in [-0.39, 0.29) is 36.6 Å². The number of amides is 3. The van der Waals surface area contributed by atoms with Crippen LogP contribution in [-0.2, 0) is 9.59 Å². The van der Waals surface area contributed by atoms with Crippen LogP contribution in [0, 0.1) is 24.7 Å². The zero-order valence-corrected chi connectivity index (χ0v) is 17.4. The lowest BCUT2D eigenvalue weighted by molar-refractivity contribution is -0.126. The standard InChI is InChI=1S/C24H25N3O3/c1-17-6-12-21(13-7-17)27-16-20(15-22(27)28)23(29)25-14-4-5-18-8-10-19(11-9-18)24(30)26(2)3/h6-13,20H,14-16H2,1-3H3,(H,25,29). The molecule has 0 bridgehead atoms. The predicted octanol–water partition coefficient (Wildman–Crippen LogP) is 2.22. The molecule has 1 unspecified atom stereocenters. The Morgan fingerprint density at radius 3 is 2.40 bits per heavy atom. The maximum absolute atomic E-state index is 12.4. The first kappa shape index (κ1) is 21.1. The molecular formula is C24H25N3O3. The molecule has 0 aliphatic carbocycles. The molecule has 6 nitrogen and oxygen atoms in total. The molecule has 0 spiro atoms. The van der Waals surface area contributed by atoms with Crippen LogP contribution in [-0.4, -0.2) is 49.8 Å². The Morgan fingerprint density at radius 2 is 1.77 bits per heavy atom. The number of hydrogen-bond donors (Lipinski definition) is 1. The van der Waals surface area contributed by atoms with Crippen LogP contribution in [0.15, 0.2) is 48.5 Å². The Balaban J connectivity index is 1.51. The predicted molar refractivity (Wildman–Crippen MR) is 116 cm³/mol. The summed E-state index contributed by atoms with van der Waals surface area (Å²) in [5, 5.41) is 2.79. The Hall–Kier alpha value is -3.59. The van der Waals surface area contributed by atoms with Crippen molar-refractivity contribution in [2.45, 2.75) is 13.3 Å². The molecule has 0 saturated carbocycles. The van der Waals surface area contributed by atoms with E-state index < -0.39 is 0 Å². The third-order valence-corrected chi connectivity index (χ3v) is 4.96. The molecule has 3 rings (SSSR count). The summed E-state index contributed by atoms with van der Waals surface area (Å²) in [4.78, 5) is 39.8. The van der Waals surface area contributed by atoms with Gasteiger partial charge in [0, 0.05) is 43.9 Å². The maximum atomic E-state index is 12.4. The van der Waals surface area contributed by atoms with E-state index in [1.165, 1.54) is 4.90 Å². The molecule has 154 valence electrons. The second-order valence-corrected chi connectivity index (χ2v) is 7.54. The fourth-order valence-electron chi connectivity index (χ4n) is 3.23. The van der Waals surface area contributed by atoms with Crippen molar-refractivity contribution in [3.63, 3.8) is 0 Å². The molecule has 1 fully saturated rings. The van der Waals surface area contributed by atoms with Gasteiger partial charge in [0.1, 0.15) is 0 Å². The molecule has 2 aromatic rings. The first-order valence-corrected chi connectivity index (χ1v) is 9.80. The number of carbonyl (C=O) groups is 3. The van der Waals surface area contributed by atoms with E-state index in [0.717, 1.165) is 16.8 Å². The van der Waals surface area contributed by atoms with Crippen molar-refractivity contribution in [1.29, 1.82) is 0 Å². The lowest BCUT2D eigenvalue weighted by atomic mass is 10.1. The summed E-state index contributed by atoms with van der Waals surface area (Å²) in [6.07, 6.45) is 0.203. The Bertz CT molecular complexity index is 999.